The zero-order valence-corrected chi connectivity index (χ0v) is 16.5. The maximum absolute atomic E-state index is 12.8. The van der Waals surface area contributed by atoms with Crippen LogP contribution in [-0.2, 0) is 15.1 Å². The van der Waals surface area contributed by atoms with Crippen LogP contribution in [0.1, 0.15) is 22.8 Å². The average molecular weight is 451 g/mol. The first-order valence-electron chi connectivity index (χ1n) is 7.79. The second-order valence-electron chi connectivity index (χ2n) is 6.03. The fourth-order valence-corrected chi connectivity index (χ4v) is 3.95. The summed E-state index contributed by atoms with van der Waals surface area (Å²) in [5.41, 5.74) is 4.72. The van der Waals surface area contributed by atoms with Gasteiger partial charge >= 0.3 is 6.03 Å². The monoisotopic (exact) mass is 450 g/mol. The lowest BCUT2D eigenvalue weighted by Gasteiger charge is -2.22. The molecule has 27 heavy (non-hydrogen) atoms. The van der Waals surface area contributed by atoms with Crippen LogP contribution in [0.25, 0.3) is 0 Å². The molecule has 4 N–H and O–H groups in total. The lowest BCUT2D eigenvalue weighted by Crippen LogP contribution is -2.42. The molecule has 1 unspecified atom stereocenters. The molecule has 1 atom stereocenters. The summed E-state index contributed by atoms with van der Waals surface area (Å²) < 4.78 is 0.760. The van der Waals surface area contributed by atoms with E-state index in [-0.39, 0.29) is 10.6 Å². The largest absolute Gasteiger partial charge is 0.366 e. The number of nitrogens with two attached hydrogens (primary N) is 1. The Kier molecular flexibility index (Phi) is 5.03. The van der Waals surface area contributed by atoms with Crippen LogP contribution in [0.3, 0.4) is 0 Å². The summed E-state index contributed by atoms with van der Waals surface area (Å²) in [6.45, 7) is 1.10. The lowest BCUT2D eigenvalue weighted by molar-refractivity contribution is -0.133. The molecular formula is C17H15BrN4O4S. The van der Waals surface area contributed by atoms with Crippen LogP contribution in [0.15, 0.2) is 40.2 Å². The molecule has 1 aromatic heterocycles. The number of carbonyl (C=O) groups excluding carboxylic acids is 4. The molecule has 10 heteroatoms. The van der Waals surface area contributed by atoms with Gasteiger partial charge in [-0.2, -0.15) is 0 Å². The van der Waals surface area contributed by atoms with Gasteiger partial charge in [-0.3, -0.25) is 19.3 Å². The molecule has 0 radical (unpaired) electrons. The van der Waals surface area contributed by atoms with E-state index in [1.165, 1.54) is 6.07 Å². The van der Waals surface area contributed by atoms with Crippen molar-refractivity contribution < 1.29 is 19.2 Å². The van der Waals surface area contributed by atoms with Crippen molar-refractivity contribution >= 4 is 56.0 Å². The minimum absolute atomic E-state index is 0.171. The number of carbonyl (C=O) groups is 4. The third kappa shape index (κ3) is 3.58. The van der Waals surface area contributed by atoms with E-state index in [0.717, 1.165) is 20.7 Å². The number of nitrogens with zero attached hydrogens (tertiary/aromatic N) is 1. The highest BCUT2D eigenvalue weighted by Crippen LogP contribution is 2.30. The first-order chi connectivity index (χ1) is 12.7. The number of primary amides is 1. The first kappa shape index (κ1) is 19.1. The number of thiophene rings is 1. The van der Waals surface area contributed by atoms with Crippen LogP contribution < -0.4 is 16.4 Å². The molecule has 1 aliphatic rings. The van der Waals surface area contributed by atoms with E-state index in [1.807, 2.05) is 0 Å². The highest BCUT2D eigenvalue weighted by molar-refractivity contribution is 9.10. The van der Waals surface area contributed by atoms with Crippen molar-refractivity contribution in [1.82, 2.24) is 10.2 Å². The Morgan fingerprint density at radius 2 is 2.07 bits per heavy atom. The van der Waals surface area contributed by atoms with Crippen molar-refractivity contribution in [3.63, 3.8) is 0 Å². The van der Waals surface area contributed by atoms with Gasteiger partial charge in [0.2, 0.25) is 5.91 Å². The lowest BCUT2D eigenvalue weighted by atomic mass is 9.92. The molecule has 1 saturated heterocycles. The maximum atomic E-state index is 12.8. The minimum Gasteiger partial charge on any atom is -0.366 e. The Morgan fingerprint density at radius 3 is 2.74 bits per heavy atom. The van der Waals surface area contributed by atoms with Crippen molar-refractivity contribution in [2.75, 3.05) is 11.9 Å². The molecule has 3 rings (SSSR count). The molecular weight excluding hydrogens is 436 g/mol. The summed E-state index contributed by atoms with van der Waals surface area (Å²) >= 11 is 4.46. The number of nitrogens with one attached hydrogen (secondary N) is 2. The SMILES string of the molecule is CC1(c2cccc(Br)c2)NC(=O)N(CC(=O)Nc2sccc2C(N)=O)C1=O. The van der Waals surface area contributed by atoms with Gasteiger partial charge in [-0.25, -0.2) is 4.79 Å². The van der Waals surface area contributed by atoms with E-state index in [0.29, 0.717) is 5.56 Å². The third-order valence-corrected chi connectivity index (χ3v) is 5.49. The summed E-state index contributed by atoms with van der Waals surface area (Å²) in [5.74, 6) is -1.83. The number of halogens is 1. The second kappa shape index (κ2) is 7.12. The van der Waals surface area contributed by atoms with Gasteiger partial charge in [0.25, 0.3) is 11.8 Å². The van der Waals surface area contributed by atoms with Crippen LogP contribution >= 0.6 is 27.3 Å². The molecule has 0 aliphatic carbocycles. The van der Waals surface area contributed by atoms with Crippen LogP contribution in [0.4, 0.5) is 9.80 Å². The summed E-state index contributed by atoms with van der Waals surface area (Å²) in [5, 5.41) is 7.02. The van der Waals surface area contributed by atoms with Crippen molar-refractivity contribution in [1.29, 1.82) is 0 Å². The minimum atomic E-state index is -1.28. The molecule has 1 aromatic carbocycles. The maximum Gasteiger partial charge on any atom is 0.325 e. The first-order valence-corrected chi connectivity index (χ1v) is 9.47. The van der Waals surface area contributed by atoms with Gasteiger partial charge in [-0.15, -0.1) is 11.3 Å². The fraction of sp³-hybridized carbons (Fsp3) is 0.176. The van der Waals surface area contributed by atoms with Crippen LogP contribution in [0.2, 0.25) is 0 Å². The number of amides is 5. The summed E-state index contributed by atoms with van der Waals surface area (Å²) in [6.07, 6.45) is 0. The Hall–Kier alpha value is -2.72. The number of benzene rings is 1. The van der Waals surface area contributed by atoms with Gasteiger partial charge in [0, 0.05) is 4.47 Å². The van der Waals surface area contributed by atoms with E-state index in [1.54, 1.807) is 36.6 Å². The molecule has 2 aromatic rings. The van der Waals surface area contributed by atoms with Crippen LogP contribution in [0, 0.1) is 0 Å². The van der Waals surface area contributed by atoms with Crippen LogP contribution in [-0.4, -0.2) is 35.2 Å². The smallest absolute Gasteiger partial charge is 0.325 e. The van der Waals surface area contributed by atoms with E-state index >= 15 is 0 Å². The number of anilines is 1. The average Bonchev–Trinajstić information content (AvgIpc) is 3.14. The molecule has 8 nitrogen and oxygen atoms in total. The predicted molar refractivity (Wildman–Crippen MR) is 103 cm³/mol. The van der Waals surface area contributed by atoms with Gasteiger partial charge in [-0.1, -0.05) is 28.1 Å². The summed E-state index contributed by atoms with van der Waals surface area (Å²) in [7, 11) is 0. The second-order valence-corrected chi connectivity index (χ2v) is 7.86. The topological polar surface area (TPSA) is 122 Å². The standard InChI is InChI=1S/C17H15BrN4O4S/c1-17(9-3-2-4-10(18)7-9)15(25)22(16(26)21-17)8-12(23)20-14-11(13(19)24)5-6-27-14/h2-7H,8H2,1H3,(H2,19,24)(H,20,23)(H,21,26). The highest BCUT2D eigenvalue weighted by atomic mass is 79.9. The van der Waals surface area contributed by atoms with Crippen molar-refractivity contribution in [3.8, 4) is 0 Å². The quantitative estimate of drug-likeness (QED) is 0.602. The van der Waals surface area contributed by atoms with E-state index < -0.39 is 35.8 Å². The normalized spacial score (nSPS) is 19.1. The van der Waals surface area contributed by atoms with E-state index in [9.17, 15) is 19.2 Å². The number of rotatable bonds is 5. The molecule has 0 saturated carbocycles. The molecule has 0 bridgehead atoms. The zero-order chi connectivity index (χ0) is 19.8. The van der Waals surface area contributed by atoms with Gasteiger partial charge in [-0.05, 0) is 36.1 Å². The van der Waals surface area contributed by atoms with Gasteiger partial charge in [0.05, 0.1) is 5.56 Å². The Balaban J connectivity index is 1.76. The number of hydrogen-bond acceptors (Lipinski definition) is 5. The van der Waals surface area contributed by atoms with Crippen molar-refractivity contribution in [2.45, 2.75) is 12.5 Å². The number of urea groups is 1. The molecule has 2 heterocycles. The highest BCUT2D eigenvalue weighted by Gasteiger charge is 2.49. The molecule has 1 aliphatic heterocycles. The van der Waals surface area contributed by atoms with Gasteiger partial charge < -0.3 is 16.4 Å². The Morgan fingerprint density at radius 1 is 1.33 bits per heavy atom. The number of hydrogen-bond donors (Lipinski definition) is 3. The van der Waals surface area contributed by atoms with E-state index in [2.05, 4.69) is 26.6 Å². The summed E-state index contributed by atoms with van der Waals surface area (Å²) in [4.78, 5) is 49.6. The fourth-order valence-electron chi connectivity index (χ4n) is 2.75. The Labute approximate surface area is 166 Å². The van der Waals surface area contributed by atoms with Crippen molar-refractivity contribution in [3.05, 3.63) is 51.3 Å². The molecule has 1 fully saturated rings. The van der Waals surface area contributed by atoms with E-state index in [4.69, 9.17) is 5.73 Å². The van der Waals surface area contributed by atoms with Gasteiger partial charge in [0.15, 0.2) is 0 Å². The summed E-state index contributed by atoms with van der Waals surface area (Å²) in [6, 6.07) is 7.82. The predicted octanol–water partition coefficient (Wildman–Crippen LogP) is 2.02. The molecule has 5 amide bonds. The zero-order valence-electron chi connectivity index (χ0n) is 14.1. The Bertz CT molecular complexity index is 960. The molecule has 0 spiro atoms. The van der Waals surface area contributed by atoms with Crippen molar-refractivity contribution in [2.24, 2.45) is 5.73 Å². The molecule has 140 valence electrons. The third-order valence-electron chi connectivity index (χ3n) is 4.16. The number of imide groups is 1. The van der Waals surface area contributed by atoms with Crippen LogP contribution in [0.5, 0.6) is 0 Å². The van der Waals surface area contributed by atoms with Gasteiger partial charge in [0.1, 0.15) is 17.1 Å².